The van der Waals surface area contributed by atoms with Crippen LogP contribution < -0.4 is 0 Å². The van der Waals surface area contributed by atoms with Crippen LogP contribution in [0.15, 0.2) is 0 Å². The Morgan fingerprint density at radius 2 is 2.17 bits per heavy atom. The summed E-state index contributed by atoms with van der Waals surface area (Å²) >= 11 is 0. The van der Waals surface area contributed by atoms with E-state index in [9.17, 15) is 4.79 Å². The van der Waals surface area contributed by atoms with Crippen molar-refractivity contribution in [1.29, 1.82) is 0 Å². The molecule has 0 bridgehead atoms. The standard InChI is InChI=1S/C8H14O.CH2O2/c1-2-7-5-3-4-6-8(7)9;2-1-3/h7H,2-6H2,1H3;1H,(H,2,3). The van der Waals surface area contributed by atoms with Gasteiger partial charge in [0.15, 0.2) is 0 Å². The van der Waals surface area contributed by atoms with E-state index in [-0.39, 0.29) is 6.47 Å². The first kappa shape index (κ1) is 11.1. The summed E-state index contributed by atoms with van der Waals surface area (Å²) in [6.45, 7) is 1.86. The van der Waals surface area contributed by atoms with Crippen LogP contribution in [0.3, 0.4) is 0 Å². The van der Waals surface area contributed by atoms with Crippen LogP contribution in [-0.2, 0) is 9.59 Å². The van der Waals surface area contributed by atoms with Crippen molar-refractivity contribution in [3.63, 3.8) is 0 Å². The van der Waals surface area contributed by atoms with Gasteiger partial charge >= 0.3 is 0 Å². The fraction of sp³-hybridized carbons (Fsp3) is 0.778. The molecule has 3 nitrogen and oxygen atoms in total. The lowest BCUT2D eigenvalue weighted by Crippen LogP contribution is -2.17. The number of Topliss-reactive ketones (excluding diaryl/α,β-unsaturated/α-hetero) is 1. The Bertz CT molecular complexity index is 143. The molecule has 3 heteroatoms. The van der Waals surface area contributed by atoms with Crippen LogP contribution in [0.1, 0.15) is 39.0 Å². The van der Waals surface area contributed by atoms with E-state index >= 15 is 0 Å². The Morgan fingerprint density at radius 1 is 1.58 bits per heavy atom. The molecular weight excluding hydrogens is 156 g/mol. The molecule has 1 fully saturated rings. The van der Waals surface area contributed by atoms with Crippen molar-refractivity contribution in [3.05, 3.63) is 0 Å². The van der Waals surface area contributed by atoms with Crippen molar-refractivity contribution in [1.82, 2.24) is 0 Å². The second-order valence-electron chi connectivity index (χ2n) is 2.92. The Labute approximate surface area is 72.8 Å². The Balaban J connectivity index is 0.000000354. The van der Waals surface area contributed by atoms with Crippen LogP contribution in [0, 0.1) is 5.92 Å². The largest absolute Gasteiger partial charge is 0.483 e. The smallest absolute Gasteiger partial charge is 0.290 e. The summed E-state index contributed by atoms with van der Waals surface area (Å²) in [6, 6.07) is 0. The molecule has 0 heterocycles. The average molecular weight is 172 g/mol. The predicted molar refractivity (Wildman–Crippen MR) is 45.9 cm³/mol. The molecule has 1 atom stereocenters. The van der Waals surface area contributed by atoms with Gasteiger partial charge in [-0.05, 0) is 19.3 Å². The summed E-state index contributed by atoms with van der Waals surface area (Å²) in [5.41, 5.74) is 0. The van der Waals surface area contributed by atoms with Gasteiger partial charge in [-0.2, -0.15) is 0 Å². The van der Waals surface area contributed by atoms with E-state index in [2.05, 4.69) is 6.92 Å². The van der Waals surface area contributed by atoms with Gasteiger partial charge in [0.05, 0.1) is 0 Å². The quantitative estimate of drug-likeness (QED) is 0.614. The topological polar surface area (TPSA) is 54.4 Å². The van der Waals surface area contributed by atoms with Gasteiger partial charge in [0.2, 0.25) is 0 Å². The van der Waals surface area contributed by atoms with Gasteiger partial charge in [0, 0.05) is 12.3 Å². The van der Waals surface area contributed by atoms with E-state index in [4.69, 9.17) is 9.90 Å². The van der Waals surface area contributed by atoms with E-state index in [1.807, 2.05) is 0 Å². The third kappa shape index (κ3) is 4.11. The molecule has 0 spiro atoms. The highest BCUT2D eigenvalue weighted by molar-refractivity contribution is 5.81. The second kappa shape index (κ2) is 6.83. The first-order valence-electron chi connectivity index (χ1n) is 4.36. The molecule has 0 radical (unpaired) electrons. The fourth-order valence-electron chi connectivity index (χ4n) is 1.49. The van der Waals surface area contributed by atoms with E-state index in [1.54, 1.807) is 0 Å². The van der Waals surface area contributed by atoms with Crippen LogP contribution in [0.25, 0.3) is 0 Å². The third-order valence-corrected chi connectivity index (χ3v) is 2.17. The van der Waals surface area contributed by atoms with E-state index < -0.39 is 0 Å². The van der Waals surface area contributed by atoms with Crippen molar-refractivity contribution in [2.75, 3.05) is 0 Å². The Morgan fingerprint density at radius 3 is 2.50 bits per heavy atom. The molecular formula is C9H16O3. The Kier molecular flexibility index (Phi) is 6.34. The summed E-state index contributed by atoms with van der Waals surface area (Å²) in [5, 5.41) is 6.89. The maximum absolute atomic E-state index is 11.0. The number of rotatable bonds is 1. The normalized spacial score (nSPS) is 22.4. The molecule has 0 amide bonds. The van der Waals surface area contributed by atoms with E-state index in [1.165, 1.54) is 6.42 Å². The number of hydrogen-bond donors (Lipinski definition) is 1. The summed E-state index contributed by atoms with van der Waals surface area (Å²) in [7, 11) is 0. The van der Waals surface area contributed by atoms with Crippen molar-refractivity contribution in [2.45, 2.75) is 39.0 Å². The maximum atomic E-state index is 11.0. The molecule has 12 heavy (non-hydrogen) atoms. The minimum absolute atomic E-state index is 0.250. The SMILES string of the molecule is CCC1CCCCC1=O.O=CO. The summed E-state index contributed by atoms with van der Waals surface area (Å²) in [4.78, 5) is 19.4. The number of carbonyl (C=O) groups is 2. The summed E-state index contributed by atoms with van der Waals surface area (Å²) < 4.78 is 0. The number of carboxylic acid groups (broad SMARTS) is 1. The van der Waals surface area contributed by atoms with Gasteiger partial charge < -0.3 is 5.11 Å². The molecule has 0 saturated heterocycles. The van der Waals surface area contributed by atoms with Gasteiger partial charge in [-0.15, -0.1) is 0 Å². The average Bonchev–Trinajstić information content (AvgIpc) is 2.07. The monoisotopic (exact) mass is 172 g/mol. The minimum Gasteiger partial charge on any atom is -0.483 e. The first-order chi connectivity index (χ1) is 5.76. The van der Waals surface area contributed by atoms with Crippen molar-refractivity contribution >= 4 is 12.3 Å². The highest BCUT2D eigenvalue weighted by Crippen LogP contribution is 2.22. The lowest BCUT2D eigenvalue weighted by molar-refractivity contribution is -0.124. The molecule has 1 N–H and O–H groups in total. The van der Waals surface area contributed by atoms with Crippen LogP contribution in [0.5, 0.6) is 0 Å². The summed E-state index contributed by atoms with van der Waals surface area (Å²) in [5.74, 6) is 0.919. The van der Waals surface area contributed by atoms with Crippen LogP contribution in [0.2, 0.25) is 0 Å². The van der Waals surface area contributed by atoms with Gasteiger partial charge in [-0.3, -0.25) is 9.59 Å². The Hall–Kier alpha value is -0.860. The molecule has 1 rings (SSSR count). The zero-order valence-electron chi connectivity index (χ0n) is 7.45. The zero-order chi connectivity index (χ0) is 9.40. The predicted octanol–water partition coefficient (Wildman–Crippen LogP) is 1.86. The van der Waals surface area contributed by atoms with Gasteiger partial charge in [-0.1, -0.05) is 13.3 Å². The molecule has 0 aliphatic heterocycles. The van der Waals surface area contributed by atoms with Crippen molar-refractivity contribution < 1.29 is 14.7 Å². The molecule has 70 valence electrons. The van der Waals surface area contributed by atoms with Gasteiger partial charge in [-0.25, -0.2) is 0 Å². The van der Waals surface area contributed by atoms with Crippen molar-refractivity contribution in [3.8, 4) is 0 Å². The molecule has 1 aliphatic rings. The van der Waals surface area contributed by atoms with Gasteiger partial charge in [0.25, 0.3) is 6.47 Å². The molecule has 0 aromatic rings. The number of carbonyl (C=O) groups excluding carboxylic acids is 1. The highest BCUT2D eigenvalue weighted by atomic mass is 16.3. The van der Waals surface area contributed by atoms with Crippen LogP contribution in [0.4, 0.5) is 0 Å². The molecule has 0 aromatic carbocycles. The lowest BCUT2D eigenvalue weighted by Gasteiger charge is -2.17. The third-order valence-electron chi connectivity index (χ3n) is 2.17. The first-order valence-corrected chi connectivity index (χ1v) is 4.36. The maximum Gasteiger partial charge on any atom is 0.290 e. The summed E-state index contributed by atoms with van der Waals surface area (Å²) in [6.07, 6.45) is 5.45. The minimum atomic E-state index is -0.250. The molecule has 1 aliphatic carbocycles. The van der Waals surface area contributed by atoms with Gasteiger partial charge in [0.1, 0.15) is 5.78 Å². The number of hydrogen-bond acceptors (Lipinski definition) is 2. The van der Waals surface area contributed by atoms with Crippen molar-refractivity contribution in [2.24, 2.45) is 5.92 Å². The van der Waals surface area contributed by atoms with E-state index in [0.717, 1.165) is 25.7 Å². The second-order valence-corrected chi connectivity index (χ2v) is 2.92. The van der Waals surface area contributed by atoms with E-state index in [0.29, 0.717) is 11.7 Å². The molecule has 0 aromatic heterocycles. The molecule has 1 unspecified atom stereocenters. The van der Waals surface area contributed by atoms with Crippen LogP contribution in [-0.4, -0.2) is 17.4 Å². The fourth-order valence-corrected chi connectivity index (χ4v) is 1.49. The highest BCUT2D eigenvalue weighted by Gasteiger charge is 2.19. The van der Waals surface area contributed by atoms with Crippen LogP contribution >= 0.6 is 0 Å². The lowest BCUT2D eigenvalue weighted by atomic mass is 9.86. The zero-order valence-corrected chi connectivity index (χ0v) is 7.45. The number of ketones is 1. The molecule has 1 saturated carbocycles.